The van der Waals surface area contributed by atoms with Crippen LogP contribution in [0, 0.1) is 5.82 Å². The normalized spacial score (nSPS) is 21.7. The standard InChI is InChI=1S/C16H24FNO3/c1-12-6-7-14(21-12)11-20-16-13(4-3-5-15(16)17)10-18-8-9-19-2/h3-5,12,14,18H,6-11H2,1-2H3. The number of nitrogens with one attached hydrogen (secondary N) is 1. The number of hydrogen-bond acceptors (Lipinski definition) is 4. The molecule has 0 aromatic heterocycles. The third-order valence-corrected chi connectivity index (χ3v) is 3.58. The largest absolute Gasteiger partial charge is 0.487 e. The molecule has 1 heterocycles. The summed E-state index contributed by atoms with van der Waals surface area (Å²) in [6.07, 6.45) is 2.34. The van der Waals surface area contributed by atoms with Crippen molar-refractivity contribution in [2.45, 2.75) is 38.5 Å². The van der Waals surface area contributed by atoms with Crippen molar-refractivity contribution in [2.24, 2.45) is 0 Å². The van der Waals surface area contributed by atoms with Crippen molar-refractivity contribution in [2.75, 3.05) is 26.9 Å². The van der Waals surface area contributed by atoms with Crippen molar-refractivity contribution in [1.82, 2.24) is 5.32 Å². The van der Waals surface area contributed by atoms with Crippen LogP contribution in [0.2, 0.25) is 0 Å². The molecule has 2 rings (SSSR count). The Hall–Kier alpha value is -1.17. The van der Waals surface area contributed by atoms with Crippen LogP contribution in [-0.2, 0) is 16.0 Å². The smallest absolute Gasteiger partial charge is 0.165 e. The fraction of sp³-hybridized carbons (Fsp3) is 0.625. The highest BCUT2D eigenvalue weighted by Gasteiger charge is 2.23. The average Bonchev–Trinajstić information content (AvgIpc) is 2.88. The number of ether oxygens (including phenoxy) is 3. The first-order chi connectivity index (χ1) is 10.2. The number of hydrogen-bond donors (Lipinski definition) is 1. The van der Waals surface area contributed by atoms with Crippen LogP contribution in [0.15, 0.2) is 18.2 Å². The average molecular weight is 297 g/mol. The van der Waals surface area contributed by atoms with Crippen LogP contribution < -0.4 is 10.1 Å². The van der Waals surface area contributed by atoms with Gasteiger partial charge >= 0.3 is 0 Å². The quantitative estimate of drug-likeness (QED) is 0.748. The van der Waals surface area contributed by atoms with Gasteiger partial charge in [-0.3, -0.25) is 0 Å². The van der Waals surface area contributed by atoms with Gasteiger partial charge in [0.2, 0.25) is 0 Å². The summed E-state index contributed by atoms with van der Waals surface area (Å²) in [7, 11) is 1.65. The lowest BCUT2D eigenvalue weighted by Crippen LogP contribution is -2.21. The Morgan fingerprint density at radius 2 is 2.24 bits per heavy atom. The molecule has 1 fully saturated rings. The number of methoxy groups -OCH3 is 1. The van der Waals surface area contributed by atoms with Crippen LogP contribution in [0.3, 0.4) is 0 Å². The van der Waals surface area contributed by atoms with Crippen LogP contribution in [0.1, 0.15) is 25.3 Å². The van der Waals surface area contributed by atoms with E-state index in [1.54, 1.807) is 13.2 Å². The molecule has 0 amide bonds. The maximum atomic E-state index is 14.0. The summed E-state index contributed by atoms with van der Waals surface area (Å²) in [5.74, 6) is -0.00217. The maximum absolute atomic E-state index is 14.0. The van der Waals surface area contributed by atoms with Gasteiger partial charge in [-0.15, -0.1) is 0 Å². The van der Waals surface area contributed by atoms with Crippen LogP contribution >= 0.6 is 0 Å². The van der Waals surface area contributed by atoms with Crippen molar-refractivity contribution >= 4 is 0 Å². The van der Waals surface area contributed by atoms with Gasteiger partial charge in [0.1, 0.15) is 6.61 Å². The van der Waals surface area contributed by atoms with E-state index in [9.17, 15) is 4.39 Å². The second kappa shape index (κ2) is 8.32. The van der Waals surface area contributed by atoms with Crippen LogP contribution in [0.5, 0.6) is 5.75 Å². The summed E-state index contributed by atoms with van der Waals surface area (Å²) in [5.41, 5.74) is 0.817. The molecular formula is C16H24FNO3. The summed E-state index contributed by atoms with van der Waals surface area (Å²) in [6, 6.07) is 4.99. The lowest BCUT2D eigenvalue weighted by atomic mass is 10.2. The molecule has 21 heavy (non-hydrogen) atoms. The Labute approximate surface area is 125 Å². The predicted octanol–water partition coefficient (Wildman–Crippen LogP) is 2.51. The fourth-order valence-corrected chi connectivity index (χ4v) is 2.44. The van der Waals surface area contributed by atoms with Gasteiger partial charge in [-0.2, -0.15) is 0 Å². The Balaban J connectivity index is 1.90. The van der Waals surface area contributed by atoms with Gasteiger partial charge in [-0.1, -0.05) is 12.1 Å². The van der Waals surface area contributed by atoms with Crippen molar-refractivity contribution in [1.29, 1.82) is 0 Å². The van der Waals surface area contributed by atoms with Gasteiger partial charge in [0, 0.05) is 25.8 Å². The Kier molecular flexibility index (Phi) is 6.42. The Bertz CT molecular complexity index is 442. The first-order valence-corrected chi connectivity index (χ1v) is 7.46. The fourth-order valence-electron chi connectivity index (χ4n) is 2.44. The molecular weight excluding hydrogens is 273 g/mol. The molecule has 1 aromatic rings. The second-order valence-corrected chi connectivity index (χ2v) is 5.35. The highest BCUT2D eigenvalue weighted by atomic mass is 19.1. The third-order valence-electron chi connectivity index (χ3n) is 3.58. The molecule has 0 saturated carbocycles. The molecule has 2 atom stereocenters. The van der Waals surface area contributed by atoms with E-state index in [1.807, 2.05) is 13.0 Å². The Morgan fingerprint density at radius 3 is 2.95 bits per heavy atom. The van der Waals surface area contributed by atoms with Crippen molar-refractivity contribution in [3.05, 3.63) is 29.6 Å². The van der Waals surface area contributed by atoms with Gasteiger partial charge in [0.05, 0.1) is 18.8 Å². The number of para-hydroxylation sites is 1. The topological polar surface area (TPSA) is 39.7 Å². The van der Waals surface area contributed by atoms with Crippen LogP contribution in [-0.4, -0.2) is 39.1 Å². The van der Waals surface area contributed by atoms with Gasteiger partial charge in [-0.05, 0) is 25.8 Å². The summed E-state index contributed by atoms with van der Waals surface area (Å²) in [5, 5.41) is 3.20. The molecule has 0 radical (unpaired) electrons. The summed E-state index contributed by atoms with van der Waals surface area (Å²) in [4.78, 5) is 0. The molecule has 1 aliphatic heterocycles. The highest BCUT2D eigenvalue weighted by Crippen LogP contribution is 2.25. The van der Waals surface area contributed by atoms with E-state index in [2.05, 4.69) is 5.32 Å². The lowest BCUT2D eigenvalue weighted by molar-refractivity contribution is 0.0253. The minimum atomic E-state index is -0.327. The van der Waals surface area contributed by atoms with E-state index in [-0.39, 0.29) is 18.0 Å². The lowest BCUT2D eigenvalue weighted by Gasteiger charge is -2.16. The zero-order chi connectivity index (χ0) is 15.1. The molecule has 0 aliphatic carbocycles. The molecule has 0 bridgehead atoms. The monoisotopic (exact) mass is 297 g/mol. The van der Waals surface area contributed by atoms with Crippen molar-refractivity contribution < 1.29 is 18.6 Å². The molecule has 0 spiro atoms. The summed E-state index contributed by atoms with van der Waals surface area (Å²) >= 11 is 0. The van der Waals surface area contributed by atoms with E-state index in [0.29, 0.717) is 25.5 Å². The van der Waals surface area contributed by atoms with Gasteiger partial charge in [0.25, 0.3) is 0 Å². The molecule has 1 aliphatic rings. The van der Waals surface area contributed by atoms with Crippen molar-refractivity contribution in [3.8, 4) is 5.75 Å². The van der Waals surface area contributed by atoms with E-state index in [4.69, 9.17) is 14.2 Å². The molecule has 1 N–H and O–H groups in total. The highest BCUT2D eigenvalue weighted by molar-refractivity contribution is 5.35. The van der Waals surface area contributed by atoms with Crippen LogP contribution in [0.4, 0.5) is 4.39 Å². The van der Waals surface area contributed by atoms with E-state index in [0.717, 1.165) is 24.9 Å². The van der Waals surface area contributed by atoms with E-state index in [1.165, 1.54) is 6.07 Å². The van der Waals surface area contributed by atoms with Gasteiger partial charge in [-0.25, -0.2) is 4.39 Å². The molecule has 1 aromatic carbocycles. The van der Waals surface area contributed by atoms with Crippen LogP contribution in [0.25, 0.3) is 0 Å². The first-order valence-electron chi connectivity index (χ1n) is 7.46. The minimum Gasteiger partial charge on any atom is -0.487 e. The predicted molar refractivity (Wildman–Crippen MR) is 79.0 cm³/mol. The molecule has 2 unspecified atom stereocenters. The molecule has 118 valence electrons. The van der Waals surface area contributed by atoms with Gasteiger partial charge < -0.3 is 19.5 Å². The third kappa shape index (κ3) is 4.95. The first kappa shape index (κ1) is 16.2. The maximum Gasteiger partial charge on any atom is 0.165 e. The number of halogens is 1. The molecule has 1 saturated heterocycles. The second-order valence-electron chi connectivity index (χ2n) is 5.35. The Morgan fingerprint density at radius 1 is 1.38 bits per heavy atom. The number of rotatable bonds is 8. The zero-order valence-electron chi connectivity index (χ0n) is 12.7. The summed E-state index contributed by atoms with van der Waals surface area (Å²) < 4.78 is 30.3. The van der Waals surface area contributed by atoms with E-state index < -0.39 is 0 Å². The SMILES string of the molecule is COCCNCc1cccc(F)c1OCC1CCC(C)O1. The minimum absolute atomic E-state index is 0.0638. The van der Waals surface area contributed by atoms with Crippen molar-refractivity contribution in [3.63, 3.8) is 0 Å². The molecule has 4 nitrogen and oxygen atoms in total. The van der Waals surface area contributed by atoms with Gasteiger partial charge in [0.15, 0.2) is 11.6 Å². The molecule has 5 heteroatoms. The van der Waals surface area contributed by atoms with E-state index >= 15 is 0 Å². The summed E-state index contributed by atoms with van der Waals surface area (Å²) in [6.45, 7) is 4.35. The number of benzene rings is 1. The zero-order valence-corrected chi connectivity index (χ0v) is 12.7.